The van der Waals surface area contributed by atoms with Gasteiger partial charge in [-0.15, -0.1) is 0 Å². The third-order valence-corrected chi connectivity index (χ3v) is 5.03. The molecule has 5 heteroatoms. The molecule has 0 fully saturated rings. The largest absolute Gasteiger partial charge is 0.459 e. The van der Waals surface area contributed by atoms with Gasteiger partial charge in [0.05, 0.1) is 23.8 Å². The first-order chi connectivity index (χ1) is 13.5. The third kappa shape index (κ3) is 3.43. The molecule has 1 amide bonds. The number of aryl methyl sites for hydroxylation is 1. The van der Waals surface area contributed by atoms with Gasteiger partial charge in [0.2, 0.25) is 5.91 Å². The molecule has 2 aromatic carbocycles. The molecule has 0 saturated carbocycles. The maximum Gasteiger partial charge on any atom is 0.225 e. The minimum atomic E-state index is -0.204. The fourth-order valence-corrected chi connectivity index (χ4v) is 3.49. The Morgan fingerprint density at radius 3 is 2.57 bits per heavy atom. The van der Waals surface area contributed by atoms with E-state index >= 15 is 0 Å². The second kappa shape index (κ2) is 7.35. The molecule has 0 aliphatic rings. The molecule has 4 rings (SSSR count). The van der Waals surface area contributed by atoms with Crippen LogP contribution in [0.15, 0.2) is 65.1 Å². The number of hydrogen-bond acceptors (Lipinski definition) is 3. The van der Waals surface area contributed by atoms with E-state index in [0.29, 0.717) is 0 Å². The fraction of sp³-hybridized carbons (Fsp3) is 0.217. The normalized spacial score (nSPS) is 12.2. The maximum absolute atomic E-state index is 12.7. The lowest BCUT2D eigenvalue weighted by atomic mass is 10.1. The summed E-state index contributed by atoms with van der Waals surface area (Å²) in [6, 6.07) is 19.6. The van der Waals surface area contributed by atoms with Crippen LogP contribution in [-0.4, -0.2) is 15.7 Å². The standard InChI is InChI=1S/C23H23N3O2/c1-15-20(17(3)26(25-15)19-10-5-4-6-11-19)14-23(27)24-16(2)22-13-18-9-7-8-12-21(18)28-22/h4-13,16H,14H2,1-3H3,(H,24,27). The Labute approximate surface area is 164 Å². The summed E-state index contributed by atoms with van der Waals surface area (Å²) in [7, 11) is 0. The summed E-state index contributed by atoms with van der Waals surface area (Å²) in [5.41, 5.74) is 4.63. The molecule has 1 N–H and O–H groups in total. The summed E-state index contributed by atoms with van der Waals surface area (Å²) in [5.74, 6) is 0.703. The van der Waals surface area contributed by atoms with E-state index in [-0.39, 0.29) is 18.4 Å². The van der Waals surface area contributed by atoms with E-state index in [2.05, 4.69) is 10.4 Å². The first-order valence-electron chi connectivity index (χ1n) is 9.41. The van der Waals surface area contributed by atoms with Gasteiger partial charge in [0.1, 0.15) is 11.3 Å². The van der Waals surface area contributed by atoms with Gasteiger partial charge in [-0.1, -0.05) is 36.4 Å². The van der Waals surface area contributed by atoms with Gasteiger partial charge >= 0.3 is 0 Å². The number of rotatable bonds is 5. The van der Waals surface area contributed by atoms with Crippen LogP contribution in [0.25, 0.3) is 16.7 Å². The molecule has 4 aromatic rings. The first kappa shape index (κ1) is 18.0. The fourth-order valence-electron chi connectivity index (χ4n) is 3.49. The predicted molar refractivity (Wildman–Crippen MR) is 110 cm³/mol. The van der Waals surface area contributed by atoms with Gasteiger partial charge in [-0.05, 0) is 45.0 Å². The van der Waals surface area contributed by atoms with Crippen LogP contribution in [0.4, 0.5) is 0 Å². The zero-order valence-electron chi connectivity index (χ0n) is 16.3. The molecule has 1 unspecified atom stereocenters. The predicted octanol–water partition coefficient (Wildman–Crippen LogP) is 4.66. The number of nitrogens with zero attached hydrogens (tertiary/aromatic N) is 2. The molecular formula is C23H23N3O2. The van der Waals surface area contributed by atoms with Gasteiger partial charge in [0.25, 0.3) is 0 Å². The van der Waals surface area contributed by atoms with E-state index in [9.17, 15) is 4.79 Å². The molecule has 2 heterocycles. The summed E-state index contributed by atoms with van der Waals surface area (Å²) in [6.45, 7) is 5.87. The third-order valence-electron chi connectivity index (χ3n) is 5.03. The van der Waals surface area contributed by atoms with Crippen LogP contribution in [0.1, 0.15) is 35.7 Å². The molecule has 0 aliphatic carbocycles. The second-order valence-electron chi connectivity index (χ2n) is 7.05. The number of para-hydroxylation sites is 2. The molecule has 0 spiro atoms. The Morgan fingerprint density at radius 1 is 1.11 bits per heavy atom. The van der Waals surface area contributed by atoms with Crippen molar-refractivity contribution >= 4 is 16.9 Å². The van der Waals surface area contributed by atoms with E-state index in [1.807, 2.05) is 86.1 Å². The highest BCUT2D eigenvalue weighted by Gasteiger charge is 2.19. The van der Waals surface area contributed by atoms with Gasteiger partial charge in [-0.2, -0.15) is 5.10 Å². The number of aromatic nitrogens is 2. The number of carbonyl (C=O) groups excluding carboxylic acids is 1. The van der Waals surface area contributed by atoms with E-state index < -0.39 is 0 Å². The lowest BCUT2D eigenvalue weighted by molar-refractivity contribution is -0.121. The number of furan rings is 1. The highest BCUT2D eigenvalue weighted by atomic mass is 16.3. The van der Waals surface area contributed by atoms with Crippen molar-refractivity contribution in [1.29, 1.82) is 0 Å². The maximum atomic E-state index is 12.7. The summed E-state index contributed by atoms with van der Waals surface area (Å²) in [4.78, 5) is 12.7. The van der Waals surface area contributed by atoms with Crippen LogP contribution in [-0.2, 0) is 11.2 Å². The van der Waals surface area contributed by atoms with E-state index in [4.69, 9.17) is 4.42 Å². The Kier molecular flexibility index (Phi) is 4.74. The molecule has 0 saturated heterocycles. The first-order valence-corrected chi connectivity index (χ1v) is 9.41. The SMILES string of the molecule is Cc1nn(-c2ccccc2)c(C)c1CC(=O)NC(C)c1cc2ccccc2o1. The van der Waals surface area contributed by atoms with Crippen LogP contribution >= 0.6 is 0 Å². The summed E-state index contributed by atoms with van der Waals surface area (Å²) in [6.07, 6.45) is 0.287. The summed E-state index contributed by atoms with van der Waals surface area (Å²) in [5, 5.41) is 8.69. The highest BCUT2D eigenvalue weighted by Crippen LogP contribution is 2.24. The van der Waals surface area contributed by atoms with Gasteiger partial charge in [0, 0.05) is 16.6 Å². The van der Waals surface area contributed by atoms with Gasteiger partial charge in [0.15, 0.2) is 0 Å². The lowest BCUT2D eigenvalue weighted by Gasteiger charge is -2.11. The van der Waals surface area contributed by atoms with Crippen molar-refractivity contribution in [2.24, 2.45) is 0 Å². The minimum absolute atomic E-state index is 0.0493. The Morgan fingerprint density at radius 2 is 1.82 bits per heavy atom. The quantitative estimate of drug-likeness (QED) is 0.554. The van der Waals surface area contributed by atoms with Gasteiger partial charge in [-0.3, -0.25) is 4.79 Å². The van der Waals surface area contributed by atoms with Crippen molar-refractivity contribution in [2.75, 3.05) is 0 Å². The second-order valence-corrected chi connectivity index (χ2v) is 7.05. The van der Waals surface area contributed by atoms with Crippen molar-refractivity contribution < 1.29 is 9.21 Å². The van der Waals surface area contributed by atoms with E-state index in [1.54, 1.807) is 0 Å². The number of hydrogen-bond donors (Lipinski definition) is 1. The number of nitrogens with one attached hydrogen (secondary N) is 1. The molecule has 142 valence electrons. The van der Waals surface area contributed by atoms with E-state index in [1.165, 1.54) is 0 Å². The summed E-state index contributed by atoms with van der Waals surface area (Å²) >= 11 is 0. The molecule has 1 atom stereocenters. The van der Waals surface area contributed by atoms with Crippen LogP contribution in [0.2, 0.25) is 0 Å². The topological polar surface area (TPSA) is 60.1 Å². The van der Waals surface area contributed by atoms with E-state index in [0.717, 1.165) is 39.4 Å². The average molecular weight is 373 g/mol. The monoisotopic (exact) mass is 373 g/mol. The van der Waals surface area contributed by atoms with Crippen LogP contribution < -0.4 is 5.32 Å². The number of benzene rings is 2. The number of fused-ring (bicyclic) bond motifs is 1. The number of carbonyl (C=O) groups is 1. The zero-order valence-corrected chi connectivity index (χ0v) is 16.3. The smallest absolute Gasteiger partial charge is 0.225 e. The molecule has 0 radical (unpaired) electrons. The molecule has 28 heavy (non-hydrogen) atoms. The van der Waals surface area contributed by atoms with Gasteiger partial charge < -0.3 is 9.73 Å². The molecule has 5 nitrogen and oxygen atoms in total. The molecular weight excluding hydrogens is 350 g/mol. The van der Waals surface area contributed by atoms with Crippen molar-refractivity contribution in [1.82, 2.24) is 15.1 Å². The van der Waals surface area contributed by atoms with Crippen LogP contribution in [0, 0.1) is 13.8 Å². The van der Waals surface area contributed by atoms with Crippen LogP contribution in [0.5, 0.6) is 0 Å². The molecule has 0 aliphatic heterocycles. The Balaban J connectivity index is 1.50. The van der Waals surface area contributed by atoms with Gasteiger partial charge in [-0.25, -0.2) is 4.68 Å². The molecule has 2 aromatic heterocycles. The highest BCUT2D eigenvalue weighted by molar-refractivity contribution is 5.80. The van der Waals surface area contributed by atoms with Crippen molar-refractivity contribution in [2.45, 2.75) is 33.2 Å². The van der Waals surface area contributed by atoms with Crippen molar-refractivity contribution in [3.63, 3.8) is 0 Å². The zero-order chi connectivity index (χ0) is 19.7. The van der Waals surface area contributed by atoms with Crippen molar-refractivity contribution in [3.8, 4) is 5.69 Å². The molecule has 0 bridgehead atoms. The Hall–Kier alpha value is -3.34. The lowest BCUT2D eigenvalue weighted by Crippen LogP contribution is -2.28. The van der Waals surface area contributed by atoms with Crippen molar-refractivity contribution in [3.05, 3.63) is 83.4 Å². The van der Waals surface area contributed by atoms with Crippen LogP contribution in [0.3, 0.4) is 0 Å². The minimum Gasteiger partial charge on any atom is -0.459 e. The summed E-state index contributed by atoms with van der Waals surface area (Å²) < 4.78 is 7.75. The number of amides is 1. The Bertz CT molecular complexity index is 1090. The average Bonchev–Trinajstić information content (AvgIpc) is 3.25.